The zero-order chi connectivity index (χ0) is 8.53. The second-order valence-corrected chi connectivity index (χ2v) is 2.98. The molecule has 11 heavy (non-hydrogen) atoms. The Morgan fingerprint density at radius 1 is 1.27 bits per heavy atom. The van der Waals surface area contributed by atoms with E-state index >= 15 is 0 Å². The molecule has 0 aliphatic carbocycles. The van der Waals surface area contributed by atoms with E-state index < -0.39 is 6.17 Å². The maximum absolute atomic E-state index is 12.3. The first-order valence-electron chi connectivity index (χ1n) is 4.62. The third-order valence-corrected chi connectivity index (χ3v) is 1.71. The highest BCUT2D eigenvalue weighted by Gasteiger charge is 1.96. The van der Waals surface area contributed by atoms with Gasteiger partial charge in [0.15, 0.2) is 0 Å². The van der Waals surface area contributed by atoms with Crippen LogP contribution in [0.4, 0.5) is 4.39 Å². The first kappa shape index (κ1) is 10.9. The van der Waals surface area contributed by atoms with Gasteiger partial charge in [-0.3, -0.25) is 0 Å². The average Bonchev–Trinajstić information content (AvgIpc) is 1.96. The van der Waals surface area contributed by atoms with Gasteiger partial charge in [-0.25, -0.2) is 4.39 Å². The predicted octanol–water partition coefficient (Wildman–Crippen LogP) is 2.51. The highest BCUT2D eigenvalue weighted by molar-refractivity contribution is 4.50. The Kier molecular flexibility index (Phi) is 7.91. The van der Waals surface area contributed by atoms with Crippen molar-refractivity contribution in [2.45, 2.75) is 45.7 Å². The Morgan fingerprint density at radius 3 is 2.55 bits per heavy atom. The molecule has 0 saturated carbocycles. The van der Waals surface area contributed by atoms with E-state index in [2.05, 4.69) is 12.2 Å². The summed E-state index contributed by atoms with van der Waals surface area (Å²) in [5.41, 5.74) is 0. The lowest BCUT2D eigenvalue weighted by molar-refractivity contribution is 0.330. The van der Waals surface area contributed by atoms with Crippen molar-refractivity contribution in [1.29, 1.82) is 0 Å². The quantitative estimate of drug-likeness (QED) is 0.566. The molecule has 0 radical (unpaired) electrons. The number of rotatable bonds is 7. The van der Waals surface area contributed by atoms with Gasteiger partial charge in [0.2, 0.25) is 0 Å². The molecule has 0 bridgehead atoms. The lowest BCUT2D eigenvalue weighted by Crippen LogP contribution is -2.13. The minimum absolute atomic E-state index is 0.617. The van der Waals surface area contributed by atoms with E-state index in [1.54, 1.807) is 6.92 Å². The summed E-state index contributed by atoms with van der Waals surface area (Å²) in [5.74, 6) is 0. The predicted molar refractivity (Wildman–Crippen MR) is 47.6 cm³/mol. The van der Waals surface area contributed by atoms with Gasteiger partial charge in [-0.2, -0.15) is 0 Å². The van der Waals surface area contributed by atoms with E-state index in [0.29, 0.717) is 0 Å². The second-order valence-electron chi connectivity index (χ2n) is 2.98. The first-order valence-corrected chi connectivity index (χ1v) is 4.62. The molecular weight excluding hydrogens is 141 g/mol. The zero-order valence-electron chi connectivity index (χ0n) is 7.70. The van der Waals surface area contributed by atoms with Crippen molar-refractivity contribution in [2.24, 2.45) is 0 Å². The molecule has 1 N–H and O–H groups in total. The van der Waals surface area contributed by atoms with E-state index in [4.69, 9.17) is 0 Å². The molecule has 0 aromatic carbocycles. The van der Waals surface area contributed by atoms with Crippen LogP contribution in [0.3, 0.4) is 0 Å². The smallest absolute Gasteiger partial charge is 0.0973 e. The van der Waals surface area contributed by atoms with Gasteiger partial charge >= 0.3 is 0 Å². The summed E-state index contributed by atoms with van der Waals surface area (Å²) in [6, 6.07) is 0. The molecule has 0 aliphatic rings. The summed E-state index contributed by atoms with van der Waals surface area (Å²) in [4.78, 5) is 0. The van der Waals surface area contributed by atoms with E-state index in [0.717, 1.165) is 32.4 Å². The number of alkyl halides is 1. The van der Waals surface area contributed by atoms with Crippen LogP contribution >= 0.6 is 0 Å². The van der Waals surface area contributed by atoms with Crippen molar-refractivity contribution >= 4 is 0 Å². The van der Waals surface area contributed by atoms with Gasteiger partial charge in [-0.15, -0.1) is 0 Å². The molecule has 0 amide bonds. The topological polar surface area (TPSA) is 12.0 Å². The summed E-state index contributed by atoms with van der Waals surface area (Å²) in [6.45, 7) is 5.85. The molecule has 0 aliphatic heterocycles. The molecule has 1 nitrogen and oxygen atoms in total. The first-order chi connectivity index (χ1) is 5.27. The summed E-state index contributed by atoms with van der Waals surface area (Å²) in [5, 5.41) is 3.24. The molecule has 2 heteroatoms. The fourth-order valence-electron chi connectivity index (χ4n) is 1.03. The Bertz CT molecular complexity index is 74.0. The largest absolute Gasteiger partial charge is 0.317 e. The second kappa shape index (κ2) is 7.99. The maximum atomic E-state index is 12.3. The van der Waals surface area contributed by atoms with Gasteiger partial charge in [0.25, 0.3) is 0 Å². The number of hydrogen-bond donors (Lipinski definition) is 1. The lowest BCUT2D eigenvalue weighted by Gasteiger charge is -2.02. The summed E-state index contributed by atoms with van der Waals surface area (Å²) in [7, 11) is 0. The van der Waals surface area contributed by atoms with Gasteiger partial charge in [0, 0.05) is 0 Å². The summed E-state index contributed by atoms with van der Waals surface area (Å²) in [6.07, 6.45) is 3.48. The van der Waals surface area contributed by atoms with Crippen molar-refractivity contribution < 1.29 is 4.39 Å². The van der Waals surface area contributed by atoms with Crippen molar-refractivity contribution in [1.82, 2.24) is 5.32 Å². The SMILES string of the molecule is CCNCCCCCC(C)F. The monoisotopic (exact) mass is 161 g/mol. The van der Waals surface area contributed by atoms with Gasteiger partial charge < -0.3 is 5.32 Å². The van der Waals surface area contributed by atoms with E-state index in [1.807, 2.05) is 0 Å². The molecule has 0 heterocycles. The van der Waals surface area contributed by atoms with Crippen LogP contribution in [0.15, 0.2) is 0 Å². The number of nitrogens with one attached hydrogen (secondary N) is 1. The number of unbranched alkanes of at least 4 members (excludes halogenated alkanes) is 2. The molecule has 68 valence electrons. The van der Waals surface area contributed by atoms with Crippen LogP contribution in [-0.2, 0) is 0 Å². The fraction of sp³-hybridized carbons (Fsp3) is 1.00. The zero-order valence-corrected chi connectivity index (χ0v) is 7.70. The van der Waals surface area contributed by atoms with Gasteiger partial charge in [-0.1, -0.05) is 19.8 Å². The number of hydrogen-bond acceptors (Lipinski definition) is 1. The molecule has 0 fully saturated rings. The minimum atomic E-state index is -0.617. The maximum Gasteiger partial charge on any atom is 0.0973 e. The highest BCUT2D eigenvalue weighted by atomic mass is 19.1. The Hall–Kier alpha value is -0.110. The molecule has 0 saturated heterocycles. The van der Waals surface area contributed by atoms with Crippen molar-refractivity contribution in [2.75, 3.05) is 13.1 Å². The lowest BCUT2D eigenvalue weighted by atomic mass is 10.1. The van der Waals surface area contributed by atoms with Gasteiger partial charge in [0.1, 0.15) is 0 Å². The van der Waals surface area contributed by atoms with Crippen LogP contribution in [0.2, 0.25) is 0 Å². The van der Waals surface area contributed by atoms with Gasteiger partial charge in [-0.05, 0) is 32.9 Å². The van der Waals surface area contributed by atoms with Crippen LogP contribution < -0.4 is 5.32 Å². The molecular formula is C9H20FN. The molecule has 0 aromatic rings. The summed E-state index contributed by atoms with van der Waals surface area (Å²) < 4.78 is 12.3. The number of halogens is 1. The van der Waals surface area contributed by atoms with Crippen molar-refractivity contribution in [3.63, 3.8) is 0 Å². The van der Waals surface area contributed by atoms with Crippen LogP contribution in [0, 0.1) is 0 Å². The Balaban J connectivity index is 2.80. The standard InChI is InChI=1S/C9H20FN/c1-3-11-8-6-4-5-7-9(2)10/h9,11H,3-8H2,1-2H3. The fourth-order valence-corrected chi connectivity index (χ4v) is 1.03. The van der Waals surface area contributed by atoms with Crippen LogP contribution in [0.25, 0.3) is 0 Å². The summed E-state index contributed by atoms with van der Waals surface area (Å²) >= 11 is 0. The van der Waals surface area contributed by atoms with E-state index in [-0.39, 0.29) is 0 Å². The van der Waals surface area contributed by atoms with E-state index in [9.17, 15) is 4.39 Å². The third-order valence-electron chi connectivity index (χ3n) is 1.71. The normalized spacial score (nSPS) is 13.4. The molecule has 0 rings (SSSR count). The highest BCUT2D eigenvalue weighted by Crippen LogP contribution is 2.04. The van der Waals surface area contributed by atoms with Crippen LogP contribution in [-0.4, -0.2) is 19.3 Å². The van der Waals surface area contributed by atoms with Crippen LogP contribution in [0.5, 0.6) is 0 Å². The molecule has 1 unspecified atom stereocenters. The third kappa shape index (κ3) is 9.89. The Labute approximate surface area is 69.4 Å². The Morgan fingerprint density at radius 2 is 2.00 bits per heavy atom. The van der Waals surface area contributed by atoms with Crippen molar-refractivity contribution in [3.8, 4) is 0 Å². The van der Waals surface area contributed by atoms with E-state index in [1.165, 1.54) is 6.42 Å². The van der Waals surface area contributed by atoms with Crippen molar-refractivity contribution in [3.05, 3.63) is 0 Å². The molecule has 0 spiro atoms. The van der Waals surface area contributed by atoms with Gasteiger partial charge in [0.05, 0.1) is 6.17 Å². The minimum Gasteiger partial charge on any atom is -0.317 e. The van der Waals surface area contributed by atoms with Crippen LogP contribution in [0.1, 0.15) is 39.5 Å². The molecule has 1 atom stereocenters. The molecule has 0 aromatic heterocycles. The average molecular weight is 161 g/mol.